The first kappa shape index (κ1) is 30.3. The van der Waals surface area contributed by atoms with Gasteiger partial charge in [0.2, 0.25) is 0 Å². The first-order valence-corrected chi connectivity index (χ1v) is 12.7. The lowest BCUT2D eigenvalue weighted by Gasteiger charge is -2.40. The molecule has 37 heavy (non-hydrogen) atoms. The summed E-state index contributed by atoms with van der Waals surface area (Å²) in [6, 6.07) is 4.97. The molecule has 1 aromatic rings. The minimum Gasteiger partial charge on any atom is -0.405 e. The van der Waals surface area contributed by atoms with Crippen LogP contribution in [0.3, 0.4) is 0 Å². The molecule has 2 amide bonds. The number of hydrogen-bond acceptors (Lipinski definition) is 6. The van der Waals surface area contributed by atoms with Gasteiger partial charge in [-0.1, -0.05) is 46.2 Å². The van der Waals surface area contributed by atoms with Crippen molar-refractivity contribution in [2.75, 3.05) is 0 Å². The van der Waals surface area contributed by atoms with Crippen LogP contribution in [0.15, 0.2) is 42.1 Å². The average molecular weight is 511 g/mol. The third kappa shape index (κ3) is 6.70. The summed E-state index contributed by atoms with van der Waals surface area (Å²) in [5, 5.41) is 1.29. The summed E-state index contributed by atoms with van der Waals surface area (Å²) in [6.45, 7) is 17.7. The van der Waals surface area contributed by atoms with Crippen molar-refractivity contribution in [3.8, 4) is 0 Å². The minimum absolute atomic E-state index is 0.116. The van der Waals surface area contributed by atoms with Gasteiger partial charge in [-0.15, -0.1) is 0 Å². The second kappa shape index (κ2) is 11.6. The van der Waals surface area contributed by atoms with Crippen LogP contribution in [0.4, 0.5) is 0 Å². The van der Waals surface area contributed by atoms with Crippen LogP contribution in [0.2, 0.25) is 0 Å². The Balaban J connectivity index is 2.49. The molecule has 1 heterocycles. The van der Waals surface area contributed by atoms with Gasteiger partial charge in [-0.3, -0.25) is 19.8 Å². The molecule has 8 nitrogen and oxygen atoms in total. The van der Waals surface area contributed by atoms with E-state index in [9.17, 15) is 14.4 Å². The number of nitrogens with zero attached hydrogens (tertiary/aromatic N) is 1. The summed E-state index contributed by atoms with van der Waals surface area (Å²) in [4.78, 5) is 38.9. The molecule has 202 valence electrons. The molecule has 3 N–H and O–H groups in total. The minimum atomic E-state index is -0.634. The van der Waals surface area contributed by atoms with Crippen molar-refractivity contribution < 1.29 is 23.7 Å². The maximum absolute atomic E-state index is 13.6. The molecule has 0 saturated carbocycles. The summed E-state index contributed by atoms with van der Waals surface area (Å²) >= 11 is 0. The van der Waals surface area contributed by atoms with Gasteiger partial charge in [0.25, 0.3) is 11.8 Å². The van der Waals surface area contributed by atoms with E-state index in [4.69, 9.17) is 15.0 Å². The van der Waals surface area contributed by atoms with E-state index in [1.54, 1.807) is 12.1 Å². The number of hydrazine groups is 1. The Morgan fingerprint density at radius 1 is 1.16 bits per heavy atom. The molecule has 0 aromatic heterocycles. The number of allylic oxidation sites excluding steroid dienone is 2. The molecular formula is C28H42BN3O5. The van der Waals surface area contributed by atoms with Gasteiger partial charge in [0, 0.05) is 5.56 Å². The maximum Gasteiger partial charge on any atom is 0.495 e. The molecule has 1 unspecified atom stereocenters. The zero-order valence-electron chi connectivity index (χ0n) is 23.7. The fourth-order valence-electron chi connectivity index (χ4n) is 4.25. The van der Waals surface area contributed by atoms with Crippen LogP contribution >= 0.6 is 0 Å². The third-order valence-electron chi connectivity index (χ3n) is 7.20. The van der Waals surface area contributed by atoms with Crippen molar-refractivity contribution in [2.45, 2.75) is 92.4 Å². The van der Waals surface area contributed by atoms with E-state index in [0.717, 1.165) is 11.9 Å². The number of amides is 2. The van der Waals surface area contributed by atoms with Crippen LogP contribution < -0.4 is 16.6 Å². The summed E-state index contributed by atoms with van der Waals surface area (Å²) in [5.41, 5.74) is 8.48. The van der Waals surface area contributed by atoms with E-state index in [2.05, 4.69) is 5.43 Å². The van der Waals surface area contributed by atoms with Gasteiger partial charge in [-0.2, -0.15) is 0 Å². The van der Waals surface area contributed by atoms with E-state index in [0.29, 0.717) is 23.8 Å². The largest absolute Gasteiger partial charge is 0.495 e. The van der Waals surface area contributed by atoms with E-state index >= 15 is 0 Å². The Hall–Kier alpha value is -2.91. The topological polar surface area (TPSA) is 111 Å². The van der Waals surface area contributed by atoms with Gasteiger partial charge in [-0.05, 0) is 81.9 Å². The van der Waals surface area contributed by atoms with E-state index in [1.807, 2.05) is 68.4 Å². The molecule has 2 rings (SSSR count). The lowest BCUT2D eigenvalue weighted by molar-refractivity contribution is -0.136. The molecule has 1 aromatic carbocycles. The van der Waals surface area contributed by atoms with Crippen LogP contribution in [-0.2, 0) is 18.9 Å². The van der Waals surface area contributed by atoms with Crippen LogP contribution in [0.5, 0.6) is 0 Å². The van der Waals surface area contributed by atoms with Gasteiger partial charge in [0.05, 0.1) is 22.8 Å². The highest BCUT2D eigenvalue weighted by atomic mass is 16.7. The number of carbonyl (C=O) groups excluding carboxylic acids is 3. The lowest BCUT2D eigenvalue weighted by atomic mass is 9.75. The van der Waals surface area contributed by atoms with Crippen molar-refractivity contribution in [1.82, 2.24) is 10.4 Å². The Labute approximate surface area is 221 Å². The van der Waals surface area contributed by atoms with Crippen molar-refractivity contribution in [3.05, 3.63) is 53.3 Å². The Morgan fingerprint density at radius 3 is 2.24 bits per heavy atom. The third-order valence-corrected chi connectivity index (χ3v) is 7.20. The number of aldehydes is 1. The molecule has 0 bridgehead atoms. The number of rotatable bonds is 8. The zero-order valence-corrected chi connectivity index (χ0v) is 23.7. The van der Waals surface area contributed by atoms with Crippen molar-refractivity contribution in [2.24, 2.45) is 11.1 Å². The van der Waals surface area contributed by atoms with E-state index < -0.39 is 30.1 Å². The maximum atomic E-state index is 13.6. The lowest BCUT2D eigenvalue weighted by Crippen LogP contribution is -2.57. The summed E-state index contributed by atoms with van der Waals surface area (Å²) in [5.74, 6) is -1.07. The Bertz CT molecular complexity index is 1060. The fourth-order valence-corrected chi connectivity index (χ4v) is 4.25. The number of benzene rings is 1. The van der Waals surface area contributed by atoms with Gasteiger partial charge in [0.1, 0.15) is 0 Å². The normalized spacial score (nSPS) is 18.1. The van der Waals surface area contributed by atoms with Crippen LogP contribution in [0.1, 0.15) is 84.2 Å². The molecule has 1 aliphatic rings. The predicted octanol–water partition coefficient (Wildman–Crippen LogP) is 3.58. The highest BCUT2D eigenvalue weighted by molar-refractivity contribution is 6.62. The summed E-state index contributed by atoms with van der Waals surface area (Å²) in [7, 11) is -0.634. The number of nitrogens with one attached hydrogen (secondary N) is 1. The molecule has 1 aliphatic heterocycles. The fraction of sp³-hybridized carbons (Fsp3) is 0.536. The summed E-state index contributed by atoms with van der Waals surface area (Å²) in [6.07, 6.45) is 5.85. The smallest absolute Gasteiger partial charge is 0.405 e. The van der Waals surface area contributed by atoms with Crippen molar-refractivity contribution >= 4 is 30.7 Å². The first-order chi connectivity index (χ1) is 17.1. The van der Waals surface area contributed by atoms with Gasteiger partial charge in [-0.25, -0.2) is 5.01 Å². The molecule has 9 heteroatoms. The molecule has 0 aliphatic carbocycles. The second-order valence-electron chi connectivity index (χ2n) is 11.5. The molecule has 1 saturated heterocycles. The second-order valence-corrected chi connectivity index (χ2v) is 11.5. The molecule has 1 atom stereocenters. The quantitative estimate of drug-likeness (QED) is 0.105. The SMILES string of the molecule is CCCC(N(NC(=O)c1cccc(B2OC(C)(C)C(C)(C)O2)c1C)C(=O)/C(C=O)=C/C=C\N)C(C)(C)C. The van der Waals surface area contributed by atoms with Gasteiger partial charge >= 0.3 is 7.12 Å². The standard InChI is InChI=1S/C28H42BN3O5/c1-10-13-23(26(3,4)5)32(25(35)20(18-33)14-12-17-30)31-24(34)21-15-11-16-22(19(21)2)29-36-27(6,7)28(8,9)37-29/h11-12,14-18,23H,10,13,30H2,1-9H3,(H,31,34)/b17-12-,20-14+. The number of hydrogen-bond donors (Lipinski definition) is 2. The first-order valence-electron chi connectivity index (χ1n) is 12.7. The van der Waals surface area contributed by atoms with Gasteiger partial charge in [0.15, 0.2) is 6.29 Å². The molecule has 1 fully saturated rings. The van der Waals surface area contributed by atoms with Crippen LogP contribution in [0.25, 0.3) is 0 Å². The number of carbonyl (C=O) groups is 3. The van der Waals surface area contributed by atoms with Gasteiger partial charge < -0.3 is 15.0 Å². The summed E-state index contributed by atoms with van der Waals surface area (Å²) < 4.78 is 12.4. The van der Waals surface area contributed by atoms with Crippen LogP contribution in [-0.4, -0.2) is 47.5 Å². The Kier molecular flexibility index (Phi) is 9.55. The highest BCUT2D eigenvalue weighted by Crippen LogP contribution is 2.37. The Morgan fingerprint density at radius 2 is 1.76 bits per heavy atom. The van der Waals surface area contributed by atoms with Crippen LogP contribution in [0, 0.1) is 12.3 Å². The van der Waals surface area contributed by atoms with E-state index in [-0.39, 0.29) is 17.0 Å². The molecule has 0 radical (unpaired) electrons. The van der Waals surface area contributed by atoms with Crippen molar-refractivity contribution in [3.63, 3.8) is 0 Å². The van der Waals surface area contributed by atoms with E-state index in [1.165, 1.54) is 23.4 Å². The predicted molar refractivity (Wildman–Crippen MR) is 147 cm³/mol. The number of nitrogens with two attached hydrogens (primary N) is 1. The monoisotopic (exact) mass is 511 g/mol. The average Bonchev–Trinajstić information content (AvgIpc) is 3.02. The highest BCUT2D eigenvalue weighted by Gasteiger charge is 2.52. The molecule has 0 spiro atoms. The molecular weight excluding hydrogens is 469 g/mol. The zero-order chi connectivity index (χ0) is 28.2. The van der Waals surface area contributed by atoms with Crippen molar-refractivity contribution in [1.29, 1.82) is 0 Å².